The molecule has 0 radical (unpaired) electrons. The minimum absolute atomic E-state index is 0.0517. The molecule has 0 fully saturated rings. The van der Waals surface area contributed by atoms with Crippen molar-refractivity contribution in [2.24, 2.45) is 5.73 Å². The van der Waals surface area contributed by atoms with Gasteiger partial charge < -0.3 is 5.73 Å². The monoisotopic (exact) mass is 252 g/mol. The molecule has 2 nitrogen and oxygen atoms in total. The first-order valence-electron chi connectivity index (χ1n) is 7.14. The Morgan fingerprint density at radius 3 is 2.89 bits per heavy atom. The highest BCUT2D eigenvalue weighted by Gasteiger charge is 2.16. The molecule has 0 amide bonds. The van der Waals surface area contributed by atoms with E-state index in [-0.39, 0.29) is 6.04 Å². The summed E-state index contributed by atoms with van der Waals surface area (Å²) < 4.78 is 0. The molecule has 1 aromatic carbocycles. The summed E-state index contributed by atoms with van der Waals surface area (Å²) in [7, 11) is 0. The number of allylic oxidation sites excluding steroid dienone is 1. The third-order valence-corrected chi connectivity index (χ3v) is 3.97. The van der Waals surface area contributed by atoms with Crippen LogP contribution in [0.1, 0.15) is 43.8 Å². The summed E-state index contributed by atoms with van der Waals surface area (Å²) in [6.07, 6.45) is 10.3. The molecule has 0 aliphatic heterocycles. The van der Waals surface area contributed by atoms with Crippen molar-refractivity contribution in [1.29, 1.82) is 0 Å². The Labute approximate surface area is 114 Å². The molecular formula is C17H20N2. The second-order valence-electron chi connectivity index (χ2n) is 5.27. The fourth-order valence-corrected chi connectivity index (χ4v) is 2.89. The minimum Gasteiger partial charge on any atom is -0.319 e. The molecule has 19 heavy (non-hydrogen) atoms. The van der Waals surface area contributed by atoms with E-state index in [0.717, 1.165) is 18.5 Å². The third-order valence-electron chi connectivity index (χ3n) is 3.97. The van der Waals surface area contributed by atoms with E-state index in [4.69, 9.17) is 5.73 Å². The van der Waals surface area contributed by atoms with E-state index in [1.165, 1.54) is 35.6 Å². The second kappa shape index (κ2) is 5.54. The fraction of sp³-hybridized carbons (Fsp3) is 0.353. The van der Waals surface area contributed by atoms with Crippen LogP contribution in [-0.4, -0.2) is 4.98 Å². The van der Waals surface area contributed by atoms with Crippen molar-refractivity contribution in [3.63, 3.8) is 0 Å². The summed E-state index contributed by atoms with van der Waals surface area (Å²) in [5.41, 5.74) is 8.86. The van der Waals surface area contributed by atoms with Crippen LogP contribution in [0.5, 0.6) is 0 Å². The molecule has 2 aromatic rings. The highest BCUT2D eigenvalue weighted by atomic mass is 14.8. The van der Waals surface area contributed by atoms with Crippen molar-refractivity contribution in [2.45, 2.75) is 38.1 Å². The Bertz CT molecular complexity index is 596. The zero-order chi connectivity index (χ0) is 13.1. The average Bonchev–Trinajstić information content (AvgIpc) is 2.75. The first-order chi connectivity index (χ1) is 9.36. The van der Waals surface area contributed by atoms with E-state index in [1.54, 1.807) is 0 Å². The molecule has 1 atom stereocenters. The summed E-state index contributed by atoms with van der Waals surface area (Å²) in [6, 6.07) is 10.4. The lowest BCUT2D eigenvalue weighted by Crippen LogP contribution is -2.15. The number of nitrogens with zero attached hydrogens (tertiary/aromatic N) is 1. The summed E-state index contributed by atoms with van der Waals surface area (Å²) >= 11 is 0. The van der Waals surface area contributed by atoms with E-state index in [1.807, 2.05) is 12.3 Å². The van der Waals surface area contributed by atoms with Crippen LogP contribution in [0.3, 0.4) is 0 Å². The lowest BCUT2D eigenvalue weighted by atomic mass is 9.96. The topological polar surface area (TPSA) is 38.9 Å². The van der Waals surface area contributed by atoms with Crippen molar-refractivity contribution >= 4 is 10.8 Å². The first-order valence-corrected chi connectivity index (χ1v) is 7.14. The second-order valence-corrected chi connectivity index (χ2v) is 5.27. The standard InChI is InChI=1S/C17H20N2/c18-16(14-8-3-1-2-4-9-14)17-15-10-6-5-7-13(15)11-12-19-17/h5-8,10-12,16H,1-4,9,18H2. The fourth-order valence-electron chi connectivity index (χ4n) is 2.89. The molecule has 0 spiro atoms. The van der Waals surface area contributed by atoms with Crippen molar-refractivity contribution in [3.05, 3.63) is 53.9 Å². The maximum atomic E-state index is 6.47. The van der Waals surface area contributed by atoms with Gasteiger partial charge in [-0.25, -0.2) is 0 Å². The van der Waals surface area contributed by atoms with Crippen LogP contribution >= 0.6 is 0 Å². The van der Waals surface area contributed by atoms with Gasteiger partial charge in [0.1, 0.15) is 0 Å². The van der Waals surface area contributed by atoms with Crippen LogP contribution in [0.2, 0.25) is 0 Å². The molecule has 0 saturated heterocycles. The number of aromatic nitrogens is 1. The number of fused-ring (bicyclic) bond motifs is 1. The van der Waals surface area contributed by atoms with Crippen LogP contribution in [0.4, 0.5) is 0 Å². The zero-order valence-electron chi connectivity index (χ0n) is 11.2. The largest absolute Gasteiger partial charge is 0.319 e. The van der Waals surface area contributed by atoms with Crippen LogP contribution in [0, 0.1) is 0 Å². The van der Waals surface area contributed by atoms with Crippen molar-refractivity contribution in [1.82, 2.24) is 4.98 Å². The van der Waals surface area contributed by atoms with E-state index in [2.05, 4.69) is 35.3 Å². The van der Waals surface area contributed by atoms with Gasteiger partial charge in [-0.3, -0.25) is 4.98 Å². The average molecular weight is 252 g/mol. The Kier molecular flexibility index (Phi) is 3.60. The Hall–Kier alpha value is -1.67. The molecular weight excluding hydrogens is 232 g/mol. The van der Waals surface area contributed by atoms with Crippen LogP contribution < -0.4 is 5.73 Å². The predicted octanol–water partition coefficient (Wildman–Crippen LogP) is 4.13. The molecule has 98 valence electrons. The number of pyridine rings is 1. The zero-order valence-corrected chi connectivity index (χ0v) is 11.2. The molecule has 1 unspecified atom stereocenters. The van der Waals surface area contributed by atoms with E-state index < -0.39 is 0 Å². The van der Waals surface area contributed by atoms with Gasteiger partial charge in [0, 0.05) is 11.6 Å². The number of hydrogen-bond acceptors (Lipinski definition) is 2. The lowest BCUT2D eigenvalue weighted by Gasteiger charge is -2.16. The Morgan fingerprint density at radius 2 is 1.95 bits per heavy atom. The van der Waals surface area contributed by atoms with Gasteiger partial charge in [0.25, 0.3) is 0 Å². The van der Waals surface area contributed by atoms with Crippen LogP contribution in [0.15, 0.2) is 48.2 Å². The molecule has 1 heterocycles. The summed E-state index contributed by atoms with van der Waals surface area (Å²) in [4.78, 5) is 4.55. The number of hydrogen-bond donors (Lipinski definition) is 1. The molecule has 1 aromatic heterocycles. The van der Waals surface area contributed by atoms with Crippen LogP contribution in [-0.2, 0) is 0 Å². The first kappa shape index (κ1) is 12.4. The molecule has 0 saturated carbocycles. The summed E-state index contributed by atoms with van der Waals surface area (Å²) in [5, 5.41) is 2.40. The van der Waals surface area contributed by atoms with Crippen molar-refractivity contribution < 1.29 is 0 Å². The third kappa shape index (κ3) is 2.54. The number of rotatable bonds is 2. The molecule has 1 aliphatic rings. The Balaban J connectivity index is 2.01. The minimum atomic E-state index is -0.0517. The normalized spacial score (nSPS) is 17.8. The maximum Gasteiger partial charge on any atom is 0.0692 e. The van der Waals surface area contributed by atoms with Gasteiger partial charge in [0.15, 0.2) is 0 Å². The summed E-state index contributed by atoms with van der Waals surface area (Å²) in [5.74, 6) is 0. The smallest absolute Gasteiger partial charge is 0.0692 e. The summed E-state index contributed by atoms with van der Waals surface area (Å²) in [6.45, 7) is 0. The van der Waals surface area contributed by atoms with Crippen molar-refractivity contribution in [2.75, 3.05) is 0 Å². The molecule has 1 aliphatic carbocycles. The van der Waals surface area contributed by atoms with Gasteiger partial charge in [0.05, 0.1) is 11.7 Å². The molecule has 2 heteroatoms. The Morgan fingerprint density at radius 1 is 1.05 bits per heavy atom. The molecule has 3 rings (SSSR count). The maximum absolute atomic E-state index is 6.47. The van der Waals surface area contributed by atoms with E-state index >= 15 is 0 Å². The van der Waals surface area contributed by atoms with Gasteiger partial charge in [0.2, 0.25) is 0 Å². The molecule has 2 N–H and O–H groups in total. The number of benzene rings is 1. The quantitative estimate of drug-likeness (QED) is 0.816. The van der Waals surface area contributed by atoms with E-state index in [0.29, 0.717) is 0 Å². The SMILES string of the molecule is NC(C1=CCCCCC1)c1nccc2ccccc12. The highest BCUT2D eigenvalue weighted by molar-refractivity contribution is 5.84. The van der Waals surface area contributed by atoms with E-state index in [9.17, 15) is 0 Å². The van der Waals surface area contributed by atoms with Crippen molar-refractivity contribution in [3.8, 4) is 0 Å². The highest BCUT2D eigenvalue weighted by Crippen LogP contribution is 2.30. The number of nitrogens with two attached hydrogens (primary N) is 1. The predicted molar refractivity (Wildman–Crippen MR) is 79.8 cm³/mol. The molecule has 0 bridgehead atoms. The van der Waals surface area contributed by atoms with Gasteiger partial charge in [-0.15, -0.1) is 0 Å². The van der Waals surface area contributed by atoms with Gasteiger partial charge >= 0.3 is 0 Å². The lowest BCUT2D eigenvalue weighted by molar-refractivity contribution is 0.684. The van der Waals surface area contributed by atoms with Crippen LogP contribution in [0.25, 0.3) is 10.8 Å². The van der Waals surface area contributed by atoms with Gasteiger partial charge in [-0.1, -0.05) is 42.3 Å². The van der Waals surface area contributed by atoms with Gasteiger partial charge in [-0.05, 0) is 37.1 Å². The van der Waals surface area contributed by atoms with Gasteiger partial charge in [-0.2, -0.15) is 0 Å².